The summed E-state index contributed by atoms with van der Waals surface area (Å²) < 4.78 is 0. The molecule has 0 radical (unpaired) electrons. The lowest BCUT2D eigenvalue weighted by molar-refractivity contribution is 0.0948. The van der Waals surface area contributed by atoms with Crippen LogP contribution in [0.5, 0.6) is 0 Å². The Balaban J connectivity index is 1.93. The van der Waals surface area contributed by atoms with Crippen molar-refractivity contribution in [2.75, 3.05) is 12.4 Å². The van der Waals surface area contributed by atoms with Crippen LogP contribution in [-0.2, 0) is 12.8 Å². The van der Waals surface area contributed by atoms with E-state index in [1.165, 1.54) is 17.5 Å². The third-order valence-corrected chi connectivity index (χ3v) is 3.79. The highest BCUT2D eigenvalue weighted by molar-refractivity contribution is 6.17. The molecule has 1 unspecified atom stereocenters. The zero-order valence-corrected chi connectivity index (χ0v) is 11.6. The molecule has 1 aromatic rings. The van der Waals surface area contributed by atoms with Crippen LogP contribution < -0.4 is 5.32 Å². The van der Waals surface area contributed by atoms with Crippen LogP contribution >= 0.6 is 11.6 Å². The molecule has 0 heterocycles. The van der Waals surface area contributed by atoms with Crippen molar-refractivity contribution in [2.45, 2.75) is 32.6 Å². The van der Waals surface area contributed by atoms with Crippen LogP contribution in [0.3, 0.4) is 0 Å². The molecule has 1 aliphatic rings. The van der Waals surface area contributed by atoms with Gasteiger partial charge in [-0.05, 0) is 54.9 Å². The van der Waals surface area contributed by atoms with E-state index in [0.717, 1.165) is 24.8 Å². The molecule has 1 atom stereocenters. The summed E-state index contributed by atoms with van der Waals surface area (Å²) in [4.78, 5) is 12.0. The molecule has 0 aliphatic heterocycles. The second kappa shape index (κ2) is 6.24. The van der Waals surface area contributed by atoms with Crippen LogP contribution in [0.4, 0.5) is 0 Å². The number of aryl methyl sites for hydroxylation is 2. The Hall–Kier alpha value is -1.02. The van der Waals surface area contributed by atoms with E-state index in [9.17, 15) is 4.79 Å². The number of rotatable bonds is 5. The van der Waals surface area contributed by atoms with E-state index in [1.807, 2.05) is 12.1 Å². The average Bonchev–Trinajstić information content (AvgIpc) is 2.83. The van der Waals surface area contributed by atoms with Crippen LogP contribution in [-0.4, -0.2) is 18.3 Å². The molecule has 18 heavy (non-hydrogen) atoms. The molecular weight excluding hydrogens is 246 g/mol. The molecule has 2 rings (SSSR count). The molecule has 1 amide bonds. The number of benzene rings is 1. The highest BCUT2D eigenvalue weighted by Crippen LogP contribution is 2.22. The first-order valence-corrected chi connectivity index (χ1v) is 7.20. The minimum Gasteiger partial charge on any atom is -0.352 e. The summed E-state index contributed by atoms with van der Waals surface area (Å²) >= 11 is 5.68. The summed E-state index contributed by atoms with van der Waals surface area (Å²) in [6, 6.07) is 6.08. The topological polar surface area (TPSA) is 29.1 Å². The Morgan fingerprint density at radius 2 is 2.17 bits per heavy atom. The van der Waals surface area contributed by atoms with Gasteiger partial charge in [0.25, 0.3) is 5.91 Å². The first-order chi connectivity index (χ1) is 8.70. The van der Waals surface area contributed by atoms with Gasteiger partial charge in [-0.3, -0.25) is 4.79 Å². The molecule has 2 nitrogen and oxygen atoms in total. The molecular formula is C15H20ClNO. The van der Waals surface area contributed by atoms with E-state index in [4.69, 9.17) is 11.6 Å². The Labute approximate surface area is 114 Å². The highest BCUT2D eigenvalue weighted by atomic mass is 35.5. The Morgan fingerprint density at radius 1 is 1.39 bits per heavy atom. The molecule has 0 fully saturated rings. The third kappa shape index (κ3) is 3.26. The van der Waals surface area contributed by atoms with Gasteiger partial charge in [0, 0.05) is 18.0 Å². The molecule has 1 N–H and O–H groups in total. The van der Waals surface area contributed by atoms with Gasteiger partial charge >= 0.3 is 0 Å². The lowest BCUT2D eigenvalue weighted by Gasteiger charge is -2.11. The zero-order chi connectivity index (χ0) is 13.0. The fourth-order valence-corrected chi connectivity index (χ4v) is 2.74. The number of hydrogen-bond donors (Lipinski definition) is 1. The van der Waals surface area contributed by atoms with Crippen LogP contribution in [0.1, 0.15) is 41.3 Å². The maximum absolute atomic E-state index is 12.0. The van der Waals surface area contributed by atoms with Crippen molar-refractivity contribution >= 4 is 17.5 Å². The van der Waals surface area contributed by atoms with Crippen molar-refractivity contribution in [1.82, 2.24) is 5.32 Å². The molecule has 1 aliphatic carbocycles. The quantitative estimate of drug-likeness (QED) is 0.814. The Bertz CT molecular complexity index is 431. The monoisotopic (exact) mass is 265 g/mol. The summed E-state index contributed by atoms with van der Waals surface area (Å²) in [5.41, 5.74) is 3.53. The number of hydrogen-bond acceptors (Lipinski definition) is 1. The van der Waals surface area contributed by atoms with E-state index < -0.39 is 0 Å². The van der Waals surface area contributed by atoms with E-state index in [2.05, 4.69) is 18.3 Å². The zero-order valence-electron chi connectivity index (χ0n) is 10.8. The van der Waals surface area contributed by atoms with Gasteiger partial charge < -0.3 is 5.32 Å². The summed E-state index contributed by atoms with van der Waals surface area (Å²) in [6.07, 6.45) is 4.42. The predicted molar refractivity (Wildman–Crippen MR) is 75.3 cm³/mol. The second-order valence-electron chi connectivity index (χ2n) is 5.13. The van der Waals surface area contributed by atoms with Crippen molar-refractivity contribution in [1.29, 1.82) is 0 Å². The van der Waals surface area contributed by atoms with Crippen LogP contribution in [0, 0.1) is 5.92 Å². The summed E-state index contributed by atoms with van der Waals surface area (Å²) in [7, 11) is 0. The first kappa shape index (κ1) is 13.4. The lowest BCUT2D eigenvalue weighted by atomic mass is 10.1. The van der Waals surface area contributed by atoms with Crippen molar-refractivity contribution in [3.05, 3.63) is 34.9 Å². The van der Waals surface area contributed by atoms with Gasteiger partial charge in [-0.1, -0.05) is 13.0 Å². The van der Waals surface area contributed by atoms with Crippen LogP contribution in [0.15, 0.2) is 18.2 Å². The van der Waals surface area contributed by atoms with Gasteiger partial charge in [-0.15, -0.1) is 11.6 Å². The second-order valence-corrected chi connectivity index (χ2v) is 5.51. The molecule has 0 aromatic heterocycles. The molecule has 0 saturated carbocycles. The van der Waals surface area contributed by atoms with Crippen LogP contribution in [0.2, 0.25) is 0 Å². The van der Waals surface area contributed by atoms with E-state index in [1.54, 1.807) is 0 Å². The van der Waals surface area contributed by atoms with Gasteiger partial charge in [0.1, 0.15) is 0 Å². The fourth-order valence-electron chi connectivity index (χ4n) is 2.37. The van der Waals surface area contributed by atoms with E-state index in [-0.39, 0.29) is 5.91 Å². The van der Waals surface area contributed by atoms with E-state index in [0.29, 0.717) is 18.3 Å². The number of fused-ring (bicyclic) bond motifs is 1. The normalized spacial score (nSPS) is 15.2. The smallest absolute Gasteiger partial charge is 0.251 e. The number of amides is 1. The standard InChI is InChI=1S/C15H20ClNO/c1-11(7-8-16)10-17-15(18)14-6-5-12-3-2-4-13(12)9-14/h5-6,9,11H,2-4,7-8,10H2,1H3,(H,17,18). The first-order valence-electron chi connectivity index (χ1n) is 6.66. The number of alkyl halides is 1. The van der Waals surface area contributed by atoms with Crippen LogP contribution in [0.25, 0.3) is 0 Å². The summed E-state index contributed by atoms with van der Waals surface area (Å²) in [6.45, 7) is 2.80. The average molecular weight is 266 g/mol. The fraction of sp³-hybridized carbons (Fsp3) is 0.533. The number of nitrogens with one attached hydrogen (secondary N) is 1. The number of halogens is 1. The van der Waals surface area contributed by atoms with Crippen molar-refractivity contribution in [3.8, 4) is 0 Å². The SMILES string of the molecule is CC(CCCl)CNC(=O)c1ccc2c(c1)CCC2. The lowest BCUT2D eigenvalue weighted by Crippen LogP contribution is -2.28. The van der Waals surface area contributed by atoms with Crippen molar-refractivity contribution < 1.29 is 4.79 Å². The van der Waals surface area contributed by atoms with Crippen molar-refractivity contribution in [2.24, 2.45) is 5.92 Å². The van der Waals surface area contributed by atoms with Gasteiger partial charge in [0.15, 0.2) is 0 Å². The molecule has 0 bridgehead atoms. The van der Waals surface area contributed by atoms with Gasteiger partial charge in [-0.2, -0.15) is 0 Å². The van der Waals surface area contributed by atoms with E-state index >= 15 is 0 Å². The minimum absolute atomic E-state index is 0.0334. The Kier molecular flexibility index (Phi) is 4.65. The third-order valence-electron chi connectivity index (χ3n) is 3.57. The molecule has 3 heteroatoms. The molecule has 1 aromatic carbocycles. The number of carbonyl (C=O) groups excluding carboxylic acids is 1. The number of carbonyl (C=O) groups is 1. The van der Waals surface area contributed by atoms with Gasteiger partial charge in [-0.25, -0.2) is 0 Å². The maximum Gasteiger partial charge on any atom is 0.251 e. The summed E-state index contributed by atoms with van der Waals surface area (Å²) in [5.74, 6) is 1.11. The molecule has 98 valence electrons. The molecule has 0 spiro atoms. The predicted octanol–water partition coefficient (Wildman–Crippen LogP) is 3.17. The largest absolute Gasteiger partial charge is 0.352 e. The summed E-state index contributed by atoms with van der Waals surface area (Å²) in [5, 5.41) is 2.98. The Morgan fingerprint density at radius 3 is 2.94 bits per heavy atom. The molecule has 0 saturated heterocycles. The van der Waals surface area contributed by atoms with Gasteiger partial charge in [0.2, 0.25) is 0 Å². The van der Waals surface area contributed by atoms with Gasteiger partial charge in [0.05, 0.1) is 0 Å². The maximum atomic E-state index is 12.0. The minimum atomic E-state index is 0.0334. The highest BCUT2D eigenvalue weighted by Gasteiger charge is 2.14. The van der Waals surface area contributed by atoms with Crippen molar-refractivity contribution in [3.63, 3.8) is 0 Å².